The number of ether oxygens (including phenoxy) is 2. The lowest BCUT2D eigenvalue weighted by Gasteiger charge is -2.08. The fourth-order valence-electron chi connectivity index (χ4n) is 2.90. The topological polar surface area (TPSA) is 80.4 Å². The summed E-state index contributed by atoms with van der Waals surface area (Å²) < 4.78 is 10.6. The predicted molar refractivity (Wildman–Crippen MR) is 93.2 cm³/mol. The molecule has 0 saturated heterocycles. The Morgan fingerprint density at radius 3 is 2.84 bits per heavy atom. The van der Waals surface area contributed by atoms with E-state index in [9.17, 15) is 9.59 Å². The monoisotopic (exact) mass is 336 g/mol. The van der Waals surface area contributed by atoms with Gasteiger partial charge < -0.3 is 19.8 Å². The fraction of sp³-hybridized carbons (Fsp3) is 0.158. The number of carbonyl (C=O) groups excluding carboxylic acids is 1. The van der Waals surface area contributed by atoms with Crippen molar-refractivity contribution in [3.05, 3.63) is 70.0 Å². The van der Waals surface area contributed by atoms with E-state index in [1.54, 1.807) is 6.07 Å². The van der Waals surface area contributed by atoms with E-state index >= 15 is 0 Å². The summed E-state index contributed by atoms with van der Waals surface area (Å²) in [5, 5.41) is 3.60. The van der Waals surface area contributed by atoms with Gasteiger partial charge in [0.05, 0.1) is 5.56 Å². The van der Waals surface area contributed by atoms with Gasteiger partial charge in [-0.25, -0.2) is 0 Å². The Kier molecular flexibility index (Phi) is 3.85. The minimum Gasteiger partial charge on any atom is -0.454 e. The molecule has 0 bridgehead atoms. The van der Waals surface area contributed by atoms with Crippen molar-refractivity contribution in [2.24, 2.45) is 0 Å². The van der Waals surface area contributed by atoms with Crippen LogP contribution in [0.5, 0.6) is 11.5 Å². The number of hydrogen-bond acceptors (Lipinski definition) is 4. The summed E-state index contributed by atoms with van der Waals surface area (Å²) in [5.74, 6) is 1.20. The Balaban J connectivity index is 1.47. The van der Waals surface area contributed by atoms with Gasteiger partial charge in [-0.3, -0.25) is 9.59 Å². The predicted octanol–water partition coefficient (Wildman–Crippen LogP) is 2.23. The Morgan fingerprint density at radius 2 is 1.92 bits per heavy atom. The van der Waals surface area contributed by atoms with E-state index in [0.29, 0.717) is 24.0 Å². The normalized spacial score (nSPS) is 12.3. The number of para-hydroxylation sites is 1. The van der Waals surface area contributed by atoms with E-state index < -0.39 is 0 Å². The maximum absolute atomic E-state index is 12.5. The third-order valence-electron chi connectivity index (χ3n) is 4.13. The molecule has 1 aromatic heterocycles. The number of amides is 1. The first-order valence-corrected chi connectivity index (χ1v) is 7.99. The Labute approximate surface area is 143 Å². The Hall–Kier alpha value is -3.28. The van der Waals surface area contributed by atoms with Crippen molar-refractivity contribution in [3.63, 3.8) is 0 Å². The van der Waals surface area contributed by atoms with E-state index in [1.807, 2.05) is 36.4 Å². The third-order valence-corrected chi connectivity index (χ3v) is 4.13. The number of nitrogens with one attached hydrogen (secondary N) is 2. The molecule has 4 rings (SSSR count). The van der Waals surface area contributed by atoms with Crippen molar-refractivity contribution in [1.29, 1.82) is 0 Å². The molecule has 0 aliphatic carbocycles. The Morgan fingerprint density at radius 1 is 1.08 bits per heavy atom. The number of aromatic amines is 1. The van der Waals surface area contributed by atoms with Crippen LogP contribution in [0.25, 0.3) is 10.9 Å². The molecule has 6 nitrogen and oxygen atoms in total. The molecular weight excluding hydrogens is 320 g/mol. The minimum absolute atomic E-state index is 0.241. The van der Waals surface area contributed by atoms with E-state index in [0.717, 1.165) is 22.4 Å². The van der Waals surface area contributed by atoms with Crippen molar-refractivity contribution in [2.45, 2.75) is 6.42 Å². The summed E-state index contributed by atoms with van der Waals surface area (Å²) in [7, 11) is 0. The van der Waals surface area contributed by atoms with Gasteiger partial charge in [0.2, 0.25) is 12.4 Å². The summed E-state index contributed by atoms with van der Waals surface area (Å²) in [6.45, 7) is 0.699. The lowest BCUT2D eigenvalue weighted by atomic mass is 10.1. The Bertz CT molecular complexity index is 1010. The minimum atomic E-state index is -0.292. The van der Waals surface area contributed by atoms with Crippen LogP contribution in [0.3, 0.4) is 0 Å². The second-order valence-corrected chi connectivity index (χ2v) is 5.79. The summed E-state index contributed by atoms with van der Waals surface area (Å²) in [6.07, 6.45) is 0.656. The maximum atomic E-state index is 12.5. The molecule has 6 heteroatoms. The SMILES string of the molecule is O=C(NCCc1ccc2c(c1)OCO2)c1cc(=O)[nH]c2ccccc12. The third kappa shape index (κ3) is 3.06. The van der Waals surface area contributed by atoms with Crippen LogP contribution in [0.2, 0.25) is 0 Å². The molecular formula is C19H16N2O4. The van der Waals surface area contributed by atoms with E-state index in [2.05, 4.69) is 10.3 Å². The summed E-state index contributed by atoms with van der Waals surface area (Å²) in [4.78, 5) is 27.0. The molecule has 1 aliphatic heterocycles. The smallest absolute Gasteiger partial charge is 0.252 e. The van der Waals surface area contributed by atoms with Crippen molar-refractivity contribution < 1.29 is 14.3 Å². The molecule has 0 radical (unpaired) electrons. The van der Waals surface area contributed by atoms with Gasteiger partial charge in [0.15, 0.2) is 11.5 Å². The first kappa shape index (κ1) is 15.3. The number of rotatable bonds is 4. The van der Waals surface area contributed by atoms with Gasteiger partial charge in [-0.15, -0.1) is 0 Å². The van der Waals surface area contributed by atoms with Crippen LogP contribution in [-0.2, 0) is 6.42 Å². The summed E-state index contributed by atoms with van der Waals surface area (Å²) in [5.41, 5.74) is 1.78. The molecule has 126 valence electrons. The van der Waals surface area contributed by atoms with Crippen molar-refractivity contribution in [2.75, 3.05) is 13.3 Å². The average Bonchev–Trinajstić information content (AvgIpc) is 3.08. The zero-order chi connectivity index (χ0) is 17.2. The van der Waals surface area contributed by atoms with Crippen molar-refractivity contribution in [1.82, 2.24) is 10.3 Å². The van der Waals surface area contributed by atoms with Gasteiger partial charge in [-0.1, -0.05) is 24.3 Å². The standard InChI is InChI=1S/C19H16N2O4/c22-18-10-14(13-3-1-2-4-15(13)21-18)19(23)20-8-7-12-5-6-16-17(9-12)25-11-24-16/h1-6,9-10H,7-8,11H2,(H,20,23)(H,21,22). The molecule has 1 amide bonds. The van der Waals surface area contributed by atoms with E-state index in [1.165, 1.54) is 6.07 Å². The number of H-pyrrole nitrogens is 1. The van der Waals surface area contributed by atoms with Crippen LogP contribution >= 0.6 is 0 Å². The zero-order valence-electron chi connectivity index (χ0n) is 13.4. The average molecular weight is 336 g/mol. The summed E-state index contributed by atoms with van der Waals surface area (Å²) >= 11 is 0. The fourth-order valence-corrected chi connectivity index (χ4v) is 2.90. The summed E-state index contributed by atoms with van der Waals surface area (Å²) in [6, 6.07) is 14.3. The number of carbonyl (C=O) groups is 1. The molecule has 1 aliphatic rings. The molecule has 0 fully saturated rings. The van der Waals surface area contributed by atoms with Gasteiger partial charge in [-0.05, 0) is 30.2 Å². The van der Waals surface area contributed by atoms with Crippen LogP contribution in [-0.4, -0.2) is 24.2 Å². The number of aromatic nitrogens is 1. The van der Waals surface area contributed by atoms with Gasteiger partial charge in [0.1, 0.15) is 0 Å². The molecule has 2 aromatic carbocycles. The molecule has 0 atom stereocenters. The molecule has 2 heterocycles. The highest BCUT2D eigenvalue weighted by molar-refractivity contribution is 6.05. The maximum Gasteiger partial charge on any atom is 0.252 e. The van der Waals surface area contributed by atoms with Gasteiger partial charge >= 0.3 is 0 Å². The lowest BCUT2D eigenvalue weighted by Crippen LogP contribution is -2.27. The highest BCUT2D eigenvalue weighted by Gasteiger charge is 2.14. The molecule has 0 saturated carbocycles. The van der Waals surface area contributed by atoms with E-state index in [-0.39, 0.29) is 18.3 Å². The van der Waals surface area contributed by atoms with Crippen LogP contribution in [0.4, 0.5) is 0 Å². The first-order chi connectivity index (χ1) is 12.2. The quantitative estimate of drug-likeness (QED) is 0.766. The molecule has 2 N–H and O–H groups in total. The lowest BCUT2D eigenvalue weighted by molar-refractivity contribution is 0.0955. The van der Waals surface area contributed by atoms with Crippen LogP contribution in [0.1, 0.15) is 15.9 Å². The van der Waals surface area contributed by atoms with Crippen LogP contribution in [0, 0.1) is 0 Å². The van der Waals surface area contributed by atoms with Gasteiger partial charge in [0.25, 0.3) is 5.91 Å². The van der Waals surface area contributed by atoms with Crippen LogP contribution in [0.15, 0.2) is 53.3 Å². The van der Waals surface area contributed by atoms with Gasteiger partial charge in [0, 0.05) is 23.5 Å². The van der Waals surface area contributed by atoms with Crippen molar-refractivity contribution >= 4 is 16.8 Å². The largest absolute Gasteiger partial charge is 0.454 e. The molecule has 0 unspecified atom stereocenters. The van der Waals surface area contributed by atoms with Crippen LogP contribution < -0.4 is 20.3 Å². The number of hydrogen-bond donors (Lipinski definition) is 2. The number of pyridine rings is 1. The van der Waals surface area contributed by atoms with E-state index in [4.69, 9.17) is 9.47 Å². The number of fused-ring (bicyclic) bond motifs is 2. The second kappa shape index (κ2) is 6.32. The highest BCUT2D eigenvalue weighted by atomic mass is 16.7. The second-order valence-electron chi connectivity index (χ2n) is 5.79. The first-order valence-electron chi connectivity index (χ1n) is 7.99. The molecule has 3 aromatic rings. The molecule has 25 heavy (non-hydrogen) atoms. The number of benzene rings is 2. The van der Waals surface area contributed by atoms with Crippen molar-refractivity contribution in [3.8, 4) is 11.5 Å². The highest BCUT2D eigenvalue weighted by Crippen LogP contribution is 2.32. The zero-order valence-corrected chi connectivity index (χ0v) is 13.4. The molecule has 0 spiro atoms. The van der Waals surface area contributed by atoms with Gasteiger partial charge in [-0.2, -0.15) is 0 Å².